The number of anilines is 2. The number of nitrogen functional groups attached to an aromatic ring is 1. The number of rotatable bonds is 4. The minimum Gasteiger partial charge on any atom is -0.397 e. The molecule has 20 heavy (non-hydrogen) atoms. The van der Waals surface area contributed by atoms with Crippen molar-refractivity contribution < 1.29 is 4.79 Å². The largest absolute Gasteiger partial charge is 0.397 e. The number of halogens is 1. The molecule has 2 rings (SSSR count). The number of hydrogen-bond acceptors (Lipinski definition) is 5. The molecule has 1 aromatic carbocycles. The van der Waals surface area contributed by atoms with Crippen molar-refractivity contribution in [3.8, 4) is 0 Å². The van der Waals surface area contributed by atoms with Crippen molar-refractivity contribution in [2.24, 2.45) is 0 Å². The number of amides is 1. The first-order valence-electron chi connectivity index (χ1n) is 6.19. The van der Waals surface area contributed by atoms with Gasteiger partial charge in [0.05, 0.1) is 17.1 Å². The summed E-state index contributed by atoms with van der Waals surface area (Å²) in [5.41, 5.74) is 7.71. The van der Waals surface area contributed by atoms with Gasteiger partial charge < -0.3 is 10.6 Å². The van der Waals surface area contributed by atoms with Crippen LogP contribution in [-0.4, -0.2) is 22.5 Å². The van der Waals surface area contributed by atoms with Crippen LogP contribution < -0.4 is 10.6 Å². The Morgan fingerprint density at radius 2 is 2.25 bits per heavy atom. The number of carbonyl (C=O) groups excluding carboxylic acids is 1. The number of nitrogens with zero attached hydrogens (tertiary/aromatic N) is 3. The SMILES string of the molecule is CCCc1nnsc1C(=O)N(C)c1cc(Cl)ccc1N. The highest BCUT2D eigenvalue weighted by Gasteiger charge is 2.21. The third-order valence-corrected chi connectivity index (χ3v) is 3.89. The molecule has 0 aliphatic carbocycles. The summed E-state index contributed by atoms with van der Waals surface area (Å²) < 4.78 is 3.86. The zero-order valence-corrected chi connectivity index (χ0v) is 12.8. The summed E-state index contributed by atoms with van der Waals surface area (Å²) in [7, 11) is 1.67. The van der Waals surface area contributed by atoms with Crippen LogP contribution in [0.5, 0.6) is 0 Å². The summed E-state index contributed by atoms with van der Waals surface area (Å²) in [6.07, 6.45) is 1.64. The van der Waals surface area contributed by atoms with Gasteiger partial charge in [0.15, 0.2) is 0 Å². The first-order chi connectivity index (χ1) is 9.54. The minimum absolute atomic E-state index is 0.169. The monoisotopic (exact) mass is 310 g/mol. The van der Waals surface area contributed by atoms with Crippen molar-refractivity contribution in [3.05, 3.63) is 33.8 Å². The first kappa shape index (κ1) is 14.7. The number of hydrogen-bond donors (Lipinski definition) is 1. The maximum absolute atomic E-state index is 12.5. The smallest absolute Gasteiger partial charge is 0.271 e. The number of aryl methyl sites for hydroxylation is 1. The molecule has 0 fully saturated rings. The van der Waals surface area contributed by atoms with E-state index in [1.165, 1.54) is 4.90 Å². The minimum atomic E-state index is -0.169. The molecular formula is C13H15ClN4OS. The number of benzene rings is 1. The highest BCUT2D eigenvalue weighted by molar-refractivity contribution is 7.08. The van der Waals surface area contributed by atoms with Crippen LogP contribution in [0.2, 0.25) is 5.02 Å². The summed E-state index contributed by atoms with van der Waals surface area (Å²) in [4.78, 5) is 14.6. The van der Waals surface area contributed by atoms with Gasteiger partial charge in [0.2, 0.25) is 0 Å². The molecule has 7 heteroatoms. The van der Waals surface area contributed by atoms with E-state index in [2.05, 4.69) is 9.59 Å². The molecule has 0 unspecified atom stereocenters. The van der Waals surface area contributed by atoms with Gasteiger partial charge in [0.1, 0.15) is 4.88 Å². The predicted molar refractivity (Wildman–Crippen MR) is 82.5 cm³/mol. The highest BCUT2D eigenvalue weighted by Crippen LogP contribution is 2.28. The lowest BCUT2D eigenvalue weighted by Crippen LogP contribution is -2.27. The molecule has 0 aliphatic rings. The molecule has 0 saturated heterocycles. The van der Waals surface area contributed by atoms with Crippen molar-refractivity contribution in [2.75, 3.05) is 17.7 Å². The van der Waals surface area contributed by atoms with E-state index in [1.807, 2.05) is 6.92 Å². The topological polar surface area (TPSA) is 72.1 Å². The molecule has 106 valence electrons. The summed E-state index contributed by atoms with van der Waals surface area (Å²) in [6.45, 7) is 2.03. The second-order valence-electron chi connectivity index (χ2n) is 4.37. The van der Waals surface area contributed by atoms with Gasteiger partial charge in [-0.05, 0) is 36.2 Å². The molecule has 1 heterocycles. The standard InChI is InChI=1S/C13H15ClN4OS/c1-3-4-10-12(20-17-16-10)13(19)18(2)11-7-8(14)5-6-9(11)15/h5-7H,3-4,15H2,1-2H3. The van der Waals surface area contributed by atoms with Crippen molar-refractivity contribution >= 4 is 40.4 Å². The van der Waals surface area contributed by atoms with Gasteiger partial charge >= 0.3 is 0 Å². The van der Waals surface area contributed by atoms with E-state index in [9.17, 15) is 4.79 Å². The summed E-state index contributed by atoms with van der Waals surface area (Å²) in [6, 6.07) is 5.04. The molecule has 2 N–H and O–H groups in total. The van der Waals surface area contributed by atoms with Crippen molar-refractivity contribution in [1.82, 2.24) is 9.59 Å². The Hall–Kier alpha value is -1.66. The quantitative estimate of drug-likeness (QED) is 0.881. The Kier molecular flexibility index (Phi) is 4.57. The molecule has 0 aliphatic heterocycles. The van der Waals surface area contributed by atoms with Crippen LogP contribution in [0, 0.1) is 0 Å². The fourth-order valence-electron chi connectivity index (χ4n) is 1.84. The highest BCUT2D eigenvalue weighted by atomic mass is 35.5. The third-order valence-electron chi connectivity index (χ3n) is 2.90. The van der Waals surface area contributed by atoms with Crippen LogP contribution in [0.25, 0.3) is 0 Å². The second kappa shape index (κ2) is 6.19. The molecule has 1 amide bonds. The molecule has 0 saturated carbocycles. The van der Waals surface area contributed by atoms with Gasteiger partial charge in [-0.2, -0.15) is 0 Å². The predicted octanol–water partition coefficient (Wildman–Crippen LogP) is 3.00. The van der Waals surface area contributed by atoms with Crippen molar-refractivity contribution in [3.63, 3.8) is 0 Å². The lowest BCUT2D eigenvalue weighted by atomic mass is 10.2. The van der Waals surface area contributed by atoms with E-state index in [0.717, 1.165) is 30.1 Å². The summed E-state index contributed by atoms with van der Waals surface area (Å²) in [5.74, 6) is -0.169. The van der Waals surface area contributed by atoms with Gasteiger partial charge in [0.25, 0.3) is 5.91 Å². The van der Waals surface area contributed by atoms with Crippen LogP contribution in [-0.2, 0) is 6.42 Å². The molecule has 1 aromatic heterocycles. The van der Waals surface area contributed by atoms with E-state index in [-0.39, 0.29) is 5.91 Å². The maximum Gasteiger partial charge on any atom is 0.271 e. The van der Waals surface area contributed by atoms with E-state index in [4.69, 9.17) is 17.3 Å². The van der Waals surface area contributed by atoms with Gasteiger partial charge in [-0.15, -0.1) is 5.10 Å². The average molecular weight is 311 g/mol. The molecule has 5 nitrogen and oxygen atoms in total. The molecule has 0 bridgehead atoms. The van der Waals surface area contributed by atoms with Crippen LogP contribution in [0.4, 0.5) is 11.4 Å². The fourth-order valence-corrected chi connectivity index (χ4v) is 2.69. The normalized spacial score (nSPS) is 10.6. The van der Waals surface area contributed by atoms with E-state index < -0.39 is 0 Å². The van der Waals surface area contributed by atoms with Crippen LogP contribution in [0.3, 0.4) is 0 Å². The molecular weight excluding hydrogens is 296 g/mol. The van der Waals surface area contributed by atoms with Gasteiger partial charge in [-0.25, -0.2) is 0 Å². The lowest BCUT2D eigenvalue weighted by molar-refractivity contribution is 0.0996. The lowest BCUT2D eigenvalue weighted by Gasteiger charge is -2.18. The van der Waals surface area contributed by atoms with Gasteiger partial charge in [-0.1, -0.05) is 29.4 Å². The average Bonchev–Trinajstić information content (AvgIpc) is 2.88. The Morgan fingerprint density at radius 3 is 2.95 bits per heavy atom. The zero-order valence-electron chi connectivity index (χ0n) is 11.3. The summed E-state index contributed by atoms with van der Waals surface area (Å²) in [5, 5.41) is 4.54. The van der Waals surface area contributed by atoms with Crippen molar-refractivity contribution in [2.45, 2.75) is 19.8 Å². The molecule has 0 atom stereocenters. The zero-order chi connectivity index (χ0) is 14.7. The maximum atomic E-state index is 12.5. The van der Waals surface area contributed by atoms with Gasteiger partial charge in [-0.3, -0.25) is 4.79 Å². The van der Waals surface area contributed by atoms with Crippen LogP contribution in [0.1, 0.15) is 28.7 Å². The fraction of sp³-hybridized carbons (Fsp3) is 0.308. The molecule has 0 spiro atoms. The molecule has 2 aromatic rings. The van der Waals surface area contributed by atoms with Gasteiger partial charge in [0, 0.05) is 12.1 Å². The van der Waals surface area contributed by atoms with E-state index >= 15 is 0 Å². The van der Waals surface area contributed by atoms with E-state index in [1.54, 1.807) is 25.2 Å². The number of nitrogens with two attached hydrogens (primary N) is 1. The number of carbonyl (C=O) groups is 1. The Morgan fingerprint density at radius 1 is 1.50 bits per heavy atom. The van der Waals surface area contributed by atoms with E-state index in [0.29, 0.717) is 21.3 Å². The van der Waals surface area contributed by atoms with Crippen LogP contribution >= 0.6 is 23.1 Å². The Bertz CT molecular complexity index is 629. The summed E-state index contributed by atoms with van der Waals surface area (Å²) >= 11 is 7.06. The van der Waals surface area contributed by atoms with Crippen LogP contribution in [0.15, 0.2) is 18.2 Å². The Balaban J connectivity index is 2.32. The van der Waals surface area contributed by atoms with Crippen molar-refractivity contribution in [1.29, 1.82) is 0 Å². The second-order valence-corrected chi connectivity index (χ2v) is 5.56. The first-order valence-corrected chi connectivity index (χ1v) is 7.34. The third kappa shape index (κ3) is 2.91. The molecule has 0 radical (unpaired) electrons. The number of aromatic nitrogens is 2. The Labute approximate surface area is 126 Å².